The Bertz CT molecular complexity index is 892. The highest BCUT2D eigenvalue weighted by Gasteiger charge is 2.51. The Kier molecular flexibility index (Phi) is 5.65. The third-order valence-corrected chi connectivity index (χ3v) is 6.52. The molecule has 1 heterocycles. The number of alkyl halides is 6. The van der Waals surface area contributed by atoms with Crippen LogP contribution in [0.25, 0.3) is 10.1 Å². The molecular weight excluding hydrogens is 406 g/mol. The number of thiophene rings is 1. The van der Waals surface area contributed by atoms with Crippen molar-refractivity contribution in [1.29, 1.82) is 0 Å². The summed E-state index contributed by atoms with van der Waals surface area (Å²) in [6.45, 7) is 1.99. The summed E-state index contributed by atoms with van der Waals surface area (Å²) in [5, 5.41) is 0.836. The number of hydrogen-bond acceptors (Lipinski definition) is 3. The van der Waals surface area contributed by atoms with Crippen LogP contribution >= 0.6 is 10.5 Å². The van der Waals surface area contributed by atoms with Crippen molar-refractivity contribution in [1.82, 2.24) is 0 Å². The first-order valence-electron chi connectivity index (χ1n) is 7.44. The van der Waals surface area contributed by atoms with Gasteiger partial charge in [0, 0.05) is 17.4 Å². The van der Waals surface area contributed by atoms with Gasteiger partial charge < -0.3 is 4.55 Å². The average molecular weight is 420 g/mol. The number of halogens is 6. The average Bonchev–Trinajstić information content (AvgIpc) is 3.23. The second kappa shape index (κ2) is 7.01. The Morgan fingerprint density at radius 1 is 1.15 bits per heavy atom. The maximum Gasteiger partial charge on any atom is 0.600 e. The van der Waals surface area contributed by atoms with Gasteiger partial charge >= 0.3 is 11.0 Å². The zero-order valence-electron chi connectivity index (χ0n) is 13.3. The first kappa shape index (κ1) is 21.0. The van der Waals surface area contributed by atoms with Crippen LogP contribution in [-0.2, 0) is 22.0 Å². The van der Waals surface area contributed by atoms with E-state index in [-0.39, 0.29) is 5.92 Å². The SMILES string of the molecule is CCc1cccc2c1cc(C1CC1)[s+]2C(F)(F)F.O=S(=O)([O-])C(F)(F)F. The molecule has 0 spiro atoms. The van der Waals surface area contributed by atoms with Crippen LogP contribution in [0, 0.1) is 0 Å². The van der Waals surface area contributed by atoms with Crippen LogP contribution in [0.2, 0.25) is 0 Å². The molecule has 146 valence electrons. The van der Waals surface area contributed by atoms with Gasteiger partial charge in [0.25, 0.3) is 0 Å². The fourth-order valence-corrected chi connectivity index (χ4v) is 4.68. The second-order valence-corrected chi connectivity index (χ2v) is 9.01. The fourth-order valence-electron chi connectivity index (χ4n) is 2.48. The molecule has 11 heteroatoms. The zero-order valence-corrected chi connectivity index (χ0v) is 15.0. The molecule has 1 aromatic heterocycles. The summed E-state index contributed by atoms with van der Waals surface area (Å²) in [5.41, 5.74) is -8.75. The molecule has 0 N–H and O–H groups in total. The highest BCUT2D eigenvalue weighted by Crippen LogP contribution is 2.58. The first-order valence-corrected chi connectivity index (χ1v) is 10.1. The standard InChI is InChI=1S/C14H14F3S.CHF3O3S/c1-2-9-4-3-5-12-11(9)8-13(10-6-7-10)18(12)14(15,16)17;2-1(3,4)8(5,6)7/h3-5,8,10H,2,6-7H2,1H3;(H,5,6,7)/q+1;/p-1. The molecule has 1 aliphatic rings. The van der Waals surface area contributed by atoms with Crippen molar-refractivity contribution in [3.63, 3.8) is 0 Å². The van der Waals surface area contributed by atoms with Crippen LogP contribution < -0.4 is 0 Å². The number of aryl methyl sites for hydroxylation is 1. The lowest BCUT2D eigenvalue weighted by atomic mass is 10.1. The molecule has 1 unspecified atom stereocenters. The van der Waals surface area contributed by atoms with Gasteiger partial charge in [0.05, 0.1) is 10.5 Å². The predicted molar refractivity (Wildman–Crippen MR) is 84.8 cm³/mol. The van der Waals surface area contributed by atoms with E-state index in [1.54, 1.807) is 12.1 Å². The Morgan fingerprint density at radius 2 is 1.69 bits per heavy atom. The van der Waals surface area contributed by atoms with Gasteiger partial charge in [-0.1, -0.05) is 19.1 Å². The van der Waals surface area contributed by atoms with Crippen LogP contribution in [0.5, 0.6) is 0 Å². The minimum atomic E-state index is -6.09. The number of rotatable bonds is 2. The molecule has 2 aromatic rings. The number of fused-ring (bicyclic) bond motifs is 1. The van der Waals surface area contributed by atoms with E-state index in [1.165, 1.54) is 0 Å². The van der Waals surface area contributed by atoms with Crippen molar-refractivity contribution in [3.05, 3.63) is 34.7 Å². The summed E-state index contributed by atoms with van der Waals surface area (Å²) in [5.74, 6) is 0.173. The van der Waals surface area contributed by atoms with Crippen molar-refractivity contribution in [2.24, 2.45) is 0 Å². The normalized spacial score (nSPS) is 16.4. The molecule has 0 radical (unpaired) electrons. The van der Waals surface area contributed by atoms with E-state index < -0.39 is 31.6 Å². The van der Waals surface area contributed by atoms with Gasteiger partial charge in [0.1, 0.15) is 0 Å². The highest BCUT2D eigenvalue weighted by atomic mass is 32.2. The Hall–Kier alpha value is -1.33. The van der Waals surface area contributed by atoms with Crippen LogP contribution in [0.3, 0.4) is 0 Å². The lowest BCUT2D eigenvalue weighted by Gasteiger charge is -2.08. The minimum Gasteiger partial charge on any atom is -0.741 e. The van der Waals surface area contributed by atoms with Crippen molar-refractivity contribution in [2.75, 3.05) is 0 Å². The molecule has 0 amide bonds. The molecule has 1 aliphatic carbocycles. The van der Waals surface area contributed by atoms with Gasteiger partial charge in [0.2, 0.25) is 0 Å². The molecule has 0 bridgehead atoms. The Balaban J connectivity index is 0.000000260. The van der Waals surface area contributed by atoms with Gasteiger partial charge in [-0.3, -0.25) is 0 Å². The van der Waals surface area contributed by atoms with Crippen LogP contribution in [0.4, 0.5) is 26.3 Å². The summed E-state index contributed by atoms with van der Waals surface area (Å²) in [4.78, 5) is 0.624. The molecule has 26 heavy (non-hydrogen) atoms. The molecule has 3 rings (SSSR count). The fraction of sp³-hybridized carbons (Fsp3) is 0.467. The van der Waals surface area contributed by atoms with Gasteiger partial charge in [-0.2, -0.15) is 13.2 Å². The summed E-state index contributed by atoms with van der Waals surface area (Å²) < 4.78 is 99.2. The summed E-state index contributed by atoms with van der Waals surface area (Å²) in [6, 6.07) is 7.16. The molecule has 3 nitrogen and oxygen atoms in total. The van der Waals surface area contributed by atoms with E-state index >= 15 is 0 Å². The lowest BCUT2D eigenvalue weighted by molar-refractivity contribution is -0.0867. The molecule has 1 fully saturated rings. The summed E-state index contributed by atoms with van der Waals surface area (Å²) in [6.07, 6.45) is 2.62. The van der Waals surface area contributed by atoms with Gasteiger partial charge in [-0.25, -0.2) is 8.42 Å². The Morgan fingerprint density at radius 3 is 2.08 bits per heavy atom. The maximum absolute atomic E-state index is 13.3. The molecule has 1 aromatic carbocycles. The van der Waals surface area contributed by atoms with E-state index in [0.717, 1.165) is 30.2 Å². The van der Waals surface area contributed by atoms with Crippen LogP contribution in [-0.4, -0.2) is 18.5 Å². The van der Waals surface area contributed by atoms with E-state index in [1.807, 2.05) is 19.1 Å². The van der Waals surface area contributed by atoms with E-state index in [4.69, 9.17) is 13.0 Å². The van der Waals surface area contributed by atoms with Gasteiger partial charge in [-0.15, -0.1) is 13.2 Å². The quantitative estimate of drug-likeness (QED) is 0.277. The van der Waals surface area contributed by atoms with Crippen molar-refractivity contribution in [3.8, 4) is 0 Å². The van der Waals surface area contributed by atoms with E-state index in [0.29, 0.717) is 9.58 Å². The van der Waals surface area contributed by atoms with Gasteiger partial charge in [-0.05, 0) is 30.9 Å². The molecule has 0 saturated heterocycles. The van der Waals surface area contributed by atoms with Crippen molar-refractivity contribution < 1.29 is 39.3 Å². The zero-order chi connectivity index (χ0) is 19.9. The maximum atomic E-state index is 13.3. The first-order chi connectivity index (χ1) is 11.8. The Labute approximate surface area is 148 Å². The largest absolute Gasteiger partial charge is 0.741 e. The van der Waals surface area contributed by atoms with E-state index in [2.05, 4.69) is 0 Å². The predicted octanol–water partition coefficient (Wildman–Crippen LogP) is 5.56. The molecule has 1 saturated carbocycles. The molecule has 0 aliphatic heterocycles. The number of benzene rings is 1. The van der Waals surface area contributed by atoms with Crippen LogP contribution in [0.15, 0.2) is 24.3 Å². The smallest absolute Gasteiger partial charge is 0.600 e. The second-order valence-electron chi connectivity index (χ2n) is 5.66. The lowest BCUT2D eigenvalue weighted by Crippen LogP contribution is -2.21. The van der Waals surface area contributed by atoms with Crippen LogP contribution in [0.1, 0.15) is 36.1 Å². The summed E-state index contributed by atoms with van der Waals surface area (Å²) in [7, 11) is -7.77. The monoisotopic (exact) mass is 420 g/mol. The minimum absolute atomic E-state index is 0.173. The van der Waals surface area contributed by atoms with Crippen molar-refractivity contribution >= 4 is 30.7 Å². The molecule has 1 atom stereocenters. The third kappa shape index (κ3) is 4.49. The highest BCUT2D eigenvalue weighted by molar-refractivity contribution is 7.86. The molecular formula is C15H14F6O3S2. The van der Waals surface area contributed by atoms with Gasteiger partial charge in [0.15, 0.2) is 19.7 Å². The van der Waals surface area contributed by atoms with E-state index in [9.17, 15) is 26.3 Å². The summed E-state index contributed by atoms with van der Waals surface area (Å²) >= 11 is 0. The topological polar surface area (TPSA) is 57.2 Å². The number of hydrogen-bond donors (Lipinski definition) is 0. The third-order valence-electron chi connectivity index (χ3n) is 3.77. The van der Waals surface area contributed by atoms with Crippen molar-refractivity contribution in [2.45, 2.75) is 43.1 Å².